The summed E-state index contributed by atoms with van der Waals surface area (Å²) in [6.07, 6.45) is 3.99. The van der Waals surface area contributed by atoms with Crippen LogP contribution in [0.4, 0.5) is 22.1 Å². The second-order valence-electron chi connectivity index (χ2n) is 7.52. The highest BCUT2D eigenvalue weighted by Gasteiger charge is 2.30. The minimum absolute atomic E-state index is 0.0571. The number of pyridine rings is 1. The molecule has 0 aliphatic heterocycles. The number of H-pyrrole nitrogens is 1. The molecule has 1 fully saturated rings. The Morgan fingerprint density at radius 3 is 2.90 bits per heavy atom. The molecule has 1 aliphatic carbocycles. The largest absolute Gasteiger partial charge is 0.446 e. The fourth-order valence-corrected chi connectivity index (χ4v) is 3.36. The zero-order valence-electron chi connectivity index (χ0n) is 17.2. The molecule has 0 spiro atoms. The second kappa shape index (κ2) is 10.1. The first kappa shape index (κ1) is 20.9. The van der Waals surface area contributed by atoms with Crippen molar-refractivity contribution in [3.63, 3.8) is 0 Å². The van der Waals surface area contributed by atoms with E-state index in [2.05, 4.69) is 31.1 Å². The third-order valence-electron chi connectivity index (χ3n) is 4.76. The second-order valence-corrected chi connectivity index (χ2v) is 7.52. The van der Waals surface area contributed by atoms with Crippen molar-refractivity contribution < 1.29 is 14.3 Å². The highest BCUT2D eigenvalue weighted by molar-refractivity contribution is 5.67. The van der Waals surface area contributed by atoms with E-state index >= 15 is 0 Å². The monoisotopic (exact) mass is 402 g/mol. The summed E-state index contributed by atoms with van der Waals surface area (Å²) in [6, 6.07) is 5.92. The molecule has 0 bridgehead atoms. The average Bonchev–Trinajstić information content (AvgIpc) is 3.32. The van der Waals surface area contributed by atoms with E-state index in [0.717, 1.165) is 48.8 Å². The first-order valence-electron chi connectivity index (χ1n) is 10.0. The van der Waals surface area contributed by atoms with E-state index < -0.39 is 0 Å². The summed E-state index contributed by atoms with van der Waals surface area (Å²) in [7, 11) is 1.67. The molecule has 0 radical (unpaired) electrons. The molecule has 29 heavy (non-hydrogen) atoms. The Kier molecular flexibility index (Phi) is 7.29. The van der Waals surface area contributed by atoms with Crippen LogP contribution in [0.3, 0.4) is 0 Å². The highest BCUT2D eigenvalue weighted by Crippen LogP contribution is 2.36. The number of ether oxygens (including phenoxy) is 2. The van der Waals surface area contributed by atoms with Crippen LogP contribution in [0.5, 0.6) is 0 Å². The van der Waals surface area contributed by atoms with Crippen LogP contribution >= 0.6 is 0 Å². The fourth-order valence-electron chi connectivity index (χ4n) is 3.36. The number of nitrogens with zero attached hydrogens (tertiary/aromatic N) is 2. The van der Waals surface area contributed by atoms with Crippen molar-refractivity contribution in [2.75, 3.05) is 30.9 Å². The number of rotatable bonds is 9. The van der Waals surface area contributed by atoms with Crippen LogP contribution in [0.15, 0.2) is 24.4 Å². The van der Waals surface area contributed by atoms with Gasteiger partial charge in [-0.15, -0.1) is 0 Å². The number of hydrogen-bond donors (Lipinski definition) is 4. The lowest BCUT2D eigenvalue weighted by molar-refractivity contribution is 0.0981. The Labute approximate surface area is 171 Å². The summed E-state index contributed by atoms with van der Waals surface area (Å²) in [6.45, 7) is 5.21. The summed E-state index contributed by atoms with van der Waals surface area (Å²) in [5.74, 6) is 1.74. The minimum atomic E-state index is -0.344. The maximum Gasteiger partial charge on any atom is 0.407 e. The maximum atomic E-state index is 11.8. The summed E-state index contributed by atoms with van der Waals surface area (Å²) in [5, 5.41) is 16.6. The molecule has 1 saturated carbocycles. The van der Waals surface area contributed by atoms with Gasteiger partial charge in [-0.3, -0.25) is 5.10 Å². The summed E-state index contributed by atoms with van der Waals surface area (Å²) in [4.78, 5) is 16.2. The van der Waals surface area contributed by atoms with Crippen molar-refractivity contribution in [3.05, 3.63) is 30.1 Å². The molecule has 2 unspecified atom stereocenters. The molecule has 3 rings (SSSR count). The van der Waals surface area contributed by atoms with Gasteiger partial charge in [0.15, 0.2) is 5.82 Å². The lowest BCUT2D eigenvalue weighted by Gasteiger charge is -2.14. The van der Waals surface area contributed by atoms with Crippen molar-refractivity contribution in [3.8, 4) is 0 Å². The lowest BCUT2D eigenvalue weighted by atomic mass is 10.0. The van der Waals surface area contributed by atoms with Gasteiger partial charge >= 0.3 is 6.09 Å². The minimum Gasteiger partial charge on any atom is -0.446 e. The zero-order chi connectivity index (χ0) is 20.6. The number of carbonyl (C=O) groups excluding carboxylic acids is 1. The van der Waals surface area contributed by atoms with Crippen LogP contribution in [0.1, 0.15) is 44.7 Å². The van der Waals surface area contributed by atoms with Crippen LogP contribution < -0.4 is 16.0 Å². The summed E-state index contributed by atoms with van der Waals surface area (Å²) >= 11 is 0. The number of methoxy groups -OCH3 is 1. The normalized spacial score (nSPS) is 18.6. The first-order valence-corrected chi connectivity index (χ1v) is 10.0. The third kappa shape index (κ3) is 6.35. The number of alkyl carbamates (subject to hydrolysis) is 1. The number of aromatic amines is 1. The van der Waals surface area contributed by atoms with Crippen LogP contribution in [-0.4, -0.2) is 53.7 Å². The number of carbonyl (C=O) groups is 1. The molecule has 2 aromatic rings. The number of anilines is 3. The Hall–Kier alpha value is -2.81. The van der Waals surface area contributed by atoms with Crippen molar-refractivity contribution in [1.29, 1.82) is 0 Å². The van der Waals surface area contributed by atoms with Crippen molar-refractivity contribution in [1.82, 2.24) is 20.5 Å². The van der Waals surface area contributed by atoms with Gasteiger partial charge in [-0.25, -0.2) is 9.78 Å². The van der Waals surface area contributed by atoms with E-state index in [9.17, 15) is 4.79 Å². The van der Waals surface area contributed by atoms with Gasteiger partial charge in [-0.1, -0.05) is 0 Å². The van der Waals surface area contributed by atoms with Crippen LogP contribution in [0.2, 0.25) is 0 Å². The maximum absolute atomic E-state index is 11.8. The molecule has 158 valence electrons. The highest BCUT2D eigenvalue weighted by atomic mass is 16.6. The first-order chi connectivity index (χ1) is 14.0. The molecule has 1 amide bonds. The molecule has 1 aliphatic rings. The molecule has 4 N–H and O–H groups in total. The predicted octanol–water partition coefficient (Wildman–Crippen LogP) is 3.38. The molecule has 9 nitrogen and oxygen atoms in total. The van der Waals surface area contributed by atoms with E-state index in [0.29, 0.717) is 12.5 Å². The van der Waals surface area contributed by atoms with Gasteiger partial charge in [-0.2, -0.15) is 5.10 Å². The SMILES string of the molecule is COCCNc1ccc(Nc2cc(C3CCC(OC(=O)NC(C)C)C3)[nH]n2)nc1. The molecule has 2 heterocycles. The van der Waals surface area contributed by atoms with Gasteiger partial charge in [0.05, 0.1) is 18.5 Å². The molecular weight excluding hydrogens is 372 g/mol. The van der Waals surface area contributed by atoms with Crippen LogP contribution in [0.25, 0.3) is 0 Å². The van der Waals surface area contributed by atoms with E-state index in [1.807, 2.05) is 32.0 Å². The Morgan fingerprint density at radius 1 is 1.31 bits per heavy atom. The van der Waals surface area contributed by atoms with Crippen LogP contribution in [0, 0.1) is 0 Å². The third-order valence-corrected chi connectivity index (χ3v) is 4.76. The quantitative estimate of drug-likeness (QED) is 0.476. The predicted molar refractivity (Wildman–Crippen MR) is 112 cm³/mol. The molecule has 2 aromatic heterocycles. The number of hydrogen-bond acceptors (Lipinski definition) is 7. The molecular formula is C20H30N6O3. The molecule has 0 saturated heterocycles. The van der Waals surface area contributed by atoms with Crippen LogP contribution in [-0.2, 0) is 9.47 Å². The van der Waals surface area contributed by atoms with Gasteiger partial charge in [0, 0.05) is 37.4 Å². The Bertz CT molecular complexity index is 777. The number of aromatic nitrogens is 3. The Morgan fingerprint density at radius 2 is 2.17 bits per heavy atom. The van der Waals surface area contributed by atoms with Gasteiger partial charge in [0.2, 0.25) is 0 Å². The standard InChI is InChI=1S/C20H30N6O3/c1-13(2)23-20(27)29-16-6-4-14(10-16)17-11-19(26-25-17)24-18-7-5-15(12-22-18)21-8-9-28-3/h5,7,11-14,16,21H,4,6,8-10H2,1-3H3,(H,23,27)(H2,22,24,25,26). The number of amides is 1. The summed E-state index contributed by atoms with van der Waals surface area (Å²) in [5.41, 5.74) is 1.98. The Balaban J connectivity index is 1.49. The zero-order valence-corrected chi connectivity index (χ0v) is 17.2. The van der Waals surface area contributed by atoms with Crippen molar-refractivity contribution in [2.45, 2.75) is 51.2 Å². The fraction of sp³-hybridized carbons (Fsp3) is 0.550. The van der Waals surface area contributed by atoms with Gasteiger partial charge in [-0.05, 0) is 45.2 Å². The summed E-state index contributed by atoms with van der Waals surface area (Å²) < 4.78 is 10.5. The van der Waals surface area contributed by atoms with Crippen molar-refractivity contribution >= 4 is 23.4 Å². The van der Waals surface area contributed by atoms with Crippen molar-refractivity contribution in [2.24, 2.45) is 0 Å². The average molecular weight is 402 g/mol. The molecule has 2 atom stereocenters. The van der Waals surface area contributed by atoms with E-state index in [1.165, 1.54) is 0 Å². The van der Waals surface area contributed by atoms with E-state index in [-0.39, 0.29) is 18.2 Å². The lowest BCUT2D eigenvalue weighted by Crippen LogP contribution is -2.33. The smallest absolute Gasteiger partial charge is 0.407 e. The number of nitrogens with one attached hydrogen (secondary N) is 4. The molecule has 9 heteroatoms. The van der Waals surface area contributed by atoms with Gasteiger partial charge in [0.25, 0.3) is 0 Å². The van der Waals surface area contributed by atoms with Gasteiger partial charge < -0.3 is 25.4 Å². The van der Waals surface area contributed by atoms with E-state index in [4.69, 9.17) is 9.47 Å². The topological polar surface area (TPSA) is 113 Å². The van der Waals surface area contributed by atoms with E-state index in [1.54, 1.807) is 13.3 Å². The van der Waals surface area contributed by atoms with Gasteiger partial charge in [0.1, 0.15) is 11.9 Å². The molecule has 0 aromatic carbocycles.